The molecule has 0 aromatic heterocycles. The summed E-state index contributed by atoms with van der Waals surface area (Å²) in [7, 11) is -0.156. The first-order valence-electron chi connectivity index (χ1n) is 7.20. The Morgan fingerprint density at radius 3 is 2.35 bits per heavy atom. The van der Waals surface area contributed by atoms with Crippen molar-refractivity contribution in [1.82, 2.24) is 0 Å². The molecular formula is C16H20BNO2. The van der Waals surface area contributed by atoms with Gasteiger partial charge in [-0.1, -0.05) is 18.2 Å². The quantitative estimate of drug-likeness (QED) is 0.771. The summed E-state index contributed by atoms with van der Waals surface area (Å²) in [5, 5.41) is 9.20. The molecule has 0 spiro atoms. The van der Waals surface area contributed by atoms with Gasteiger partial charge in [0.25, 0.3) is 0 Å². The first-order chi connectivity index (χ1) is 9.36. The predicted molar refractivity (Wildman–Crippen MR) is 78.3 cm³/mol. The molecule has 1 aliphatic carbocycles. The Balaban J connectivity index is 1.77. The molecule has 2 atom stereocenters. The highest BCUT2D eigenvalue weighted by molar-refractivity contribution is 6.49. The van der Waals surface area contributed by atoms with Gasteiger partial charge in [0.2, 0.25) is 0 Å². The van der Waals surface area contributed by atoms with E-state index in [1.165, 1.54) is 0 Å². The lowest BCUT2D eigenvalue weighted by Crippen LogP contribution is -2.41. The topological polar surface area (TPSA) is 42.2 Å². The van der Waals surface area contributed by atoms with Gasteiger partial charge in [-0.3, -0.25) is 0 Å². The Labute approximate surface area is 121 Å². The monoisotopic (exact) mass is 269 g/mol. The van der Waals surface area contributed by atoms with Crippen LogP contribution in [0.2, 0.25) is 5.82 Å². The van der Waals surface area contributed by atoms with Crippen LogP contribution in [0.1, 0.15) is 51.2 Å². The summed E-state index contributed by atoms with van der Waals surface area (Å²) in [5.41, 5.74) is 1.35. The number of benzene rings is 1. The second-order valence-electron chi connectivity index (χ2n) is 6.83. The van der Waals surface area contributed by atoms with E-state index >= 15 is 0 Å². The number of nitriles is 1. The van der Waals surface area contributed by atoms with Crippen LogP contribution in [0, 0.1) is 11.3 Å². The number of hydrogen-bond donors (Lipinski definition) is 0. The zero-order chi connectivity index (χ0) is 14.5. The van der Waals surface area contributed by atoms with Gasteiger partial charge in [-0.15, -0.1) is 0 Å². The molecule has 20 heavy (non-hydrogen) atoms. The lowest BCUT2D eigenvalue weighted by molar-refractivity contribution is 0.00578. The van der Waals surface area contributed by atoms with Gasteiger partial charge in [0, 0.05) is 5.82 Å². The lowest BCUT2D eigenvalue weighted by atomic mass is 9.79. The van der Waals surface area contributed by atoms with Gasteiger partial charge in [-0.05, 0) is 51.7 Å². The minimum absolute atomic E-state index is 0.156. The Hall–Kier alpha value is -1.31. The minimum Gasteiger partial charge on any atom is -0.403 e. The zero-order valence-corrected chi connectivity index (χ0v) is 12.5. The van der Waals surface area contributed by atoms with Crippen molar-refractivity contribution in [2.45, 2.75) is 57.1 Å². The van der Waals surface area contributed by atoms with E-state index in [1.54, 1.807) is 0 Å². The number of hydrogen-bond acceptors (Lipinski definition) is 3. The Morgan fingerprint density at radius 1 is 1.15 bits per heavy atom. The normalized spacial score (nSPS) is 30.1. The van der Waals surface area contributed by atoms with Crippen LogP contribution in [0.15, 0.2) is 24.3 Å². The van der Waals surface area contributed by atoms with Gasteiger partial charge in [0.05, 0.1) is 22.8 Å². The molecule has 3 rings (SSSR count). The molecule has 1 aromatic rings. The molecule has 1 heterocycles. The van der Waals surface area contributed by atoms with Crippen LogP contribution in [0.3, 0.4) is 0 Å². The summed E-state index contributed by atoms with van der Waals surface area (Å²) in [4.78, 5) is 0. The third-order valence-electron chi connectivity index (χ3n) is 4.94. The van der Waals surface area contributed by atoms with Crippen molar-refractivity contribution >= 4 is 7.12 Å². The molecule has 104 valence electrons. The molecule has 0 bridgehead atoms. The summed E-state index contributed by atoms with van der Waals surface area (Å²) < 4.78 is 12.2. The number of nitrogens with zero attached hydrogens (tertiary/aromatic N) is 1. The summed E-state index contributed by atoms with van der Waals surface area (Å²) in [6, 6.07) is 10.1. The van der Waals surface area contributed by atoms with Crippen molar-refractivity contribution in [3.63, 3.8) is 0 Å². The van der Waals surface area contributed by atoms with Crippen molar-refractivity contribution in [2.24, 2.45) is 0 Å². The average molecular weight is 269 g/mol. The summed E-state index contributed by atoms with van der Waals surface area (Å²) in [6.07, 6.45) is 1.04. The van der Waals surface area contributed by atoms with Crippen LogP contribution in [0.4, 0.5) is 0 Å². The molecule has 0 unspecified atom stereocenters. The van der Waals surface area contributed by atoms with Gasteiger partial charge < -0.3 is 9.31 Å². The molecular weight excluding hydrogens is 249 g/mol. The molecule has 3 nitrogen and oxygen atoms in total. The third-order valence-corrected chi connectivity index (χ3v) is 4.94. The maximum absolute atomic E-state index is 9.20. The Kier molecular flexibility index (Phi) is 2.97. The third kappa shape index (κ3) is 2.06. The van der Waals surface area contributed by atoms with Crippen LogP contribution < -0.4 is 0 Å². The first-order valence-corrected chi connectivity index (χ1v) is 7.20. The van der Waals surface area contributed by atoms with E-state index in [-0.39, 0.29) is 18.3 Å². The predicted octanol–water partition coefficient (Wildman–Crippen LogP) is 3.51. The van der Waals surface area contributed by atoms with Crippen LogP contribution in [0.25, 0.3) is 0 Å². The van der Waals surface area contributed by atoms with E-state index in [9.17, 15) is 5.26 Å². The highest BCUT2D eigenvalue weighted by Gasteiger charge is 2.60. The maximum atomic E-state index is 9.20. The zero-order valence-electron chi connectivity index (χ0n) is 12.5. The van der Waals surface area contributed by atoms with Crippen molar-refractivity contribution in [2.75, 3.05) is 0 Å². The van der Waals surface area contributed by atoms with Crippen LogP contribution in [-0.2, 0) is 9.31 Å². The van der Waals surface area contributed by atoms with E-state index in [0.717, 1.165) is 17.5 Å². The summed E-state index contributed by atoms with van der Waals surface area (Å²) in [6.45, 7) is 8.31. The van der Waals surface area contributed by atoms with Crippen LogP contribution in [0.5, 0.6) is 0 Å². The standard InChI is InChI=1S/C16H20BNO2/c1-15(2)16(3,4)20-17(19-15)14-9-13(14)12-8-6-5-7-11(12)10-18/h5-8,13-14H,9H2,1-4H3/t13-,14+/m1/s1. The van der Waals surface area contributed by atoms with Crippen molar-refractivity contribution in [1.29, 1.82) is 5.26 Å². The SMILES string of the molecule is CC1(C)OB([C@H]2C[C@@H]2c2ccccc2C#N)OC1(C)C. The van der Waals surface area contributed by atoms with Crippen LogP contribution >= 0.6 is 0 Å². The fraction of sp³-hybridized carbons (Fsp3) is 0.562. The summed E-state index contributed by atoms with van der Waals surface area (Å²) >= 11 is 0. The molecule has 0 N–H and O–H groups in total. The molecule has 1 aromatic carbocycles. The molecule has 4 heteroatoms. The van der Waals surface area contributed by atoms with E-state index in [4.69, 9.17) is 9.31 Å². The van der Waals surface area contributed by atoms with E-state index in [1.807, 2.05) is 18.2 Å². The highest BCUT2D eigenvalue weighted by Crippen LogP contribution is 2.58. The Morgan fingerprint density at radius 2 is 1.75 bits per heavy atom. The van der Waals surface area contributed by atoms with Crippen LogP contribution in [-0.4, -0.2) is 18.3 Å². The van der Waals surface area contributed by atoms with E-state index in [0.29, 0.717) is 11.7 Å². The molecule has 1 saturated carbocycles. The minimum atomic E-state index is -0.278. The molecule has 0 amide bonds. The Bertz CT molecular complexity index is 560. The second kappa shape index (κ2) is 4.34. The average Bonchev–Trinajstić information content (AvgIpc) is 3.13. The molecule has 2 aliphatic rings. The first kappa shape index (κ1) is 13.7. The molecule has 1 saturated heterocycles. The van der Waals surface area contributed by atoms with Gasteiger partial charge in [0.15, 0.2) is 0 Å². The molecule has 0 radical (unpaired) electrons. The van der Waals surface area contributed by atoms with Crippen molar-refractivity contribution in [3.8, 4) is 6.07 Å². The fourth-order valence-corrected chi connectivity index (χ4v) is 2.86. The van der Waals surface area contributed by atoms with Gasteiger partial charge in [-0.25, -0.2) is 0 Å². The molecule has 1 aliphatic heterocycles. The maximum Gasteiger partial charge on any atom is 0.461 e. The van der Waals surface area contributed by atoms with Gasteiger partial charge in [0.1, 0.15) is 0 Å². The fourth-order valence-electron chi connectivity index (χ4n) is 2.86. The van der Waals surface area contributed by atoms with Crippen molar-refractivity contribution < 1.29 is 9.31 Å². The highest BCUT2D eigenvalue weighted by atomic mass is 16.7. The summed E-state index contributed by atoms with van der Waals surface area (Å²) in [5.74, 6) is 0.756. The van der Waals surface area contributed by atoms with E-state index < -0.39 is 0 Å². The van der Waals surface area contributed by atoms with E-state index in [2.05, 4.69) is 39.8 Å². The molecule has 2 fully saturated rings. The smallest absolute Gasteiger partial charge is 0.403 e. The second-order valence-corrected chi connectivity index (χ2v) is 6.83. The lowest BCUT2D eigenvalue weighted by Gasteiger charge is -2.32. The van der Waals surface area contributed by atoms with Crippen molar-refractivity contribution in [3.05, 3.63) is 35.4 Å². The van der Waals surface area contributed by atoms with Gasteiger partial charge in [-0.2, -0.15) is 5.26 Å². The van der Waals surface area contributed by atoms with Gasteiger partial charge >= 0.3 is 7.12 Å². The largest absolute Gasteiger partial charge is 0.461 e. The number of rotatable bonds is 2.